The number of rotatable bonds is 6. The van der Waals surface area contributed by atoms with Gasteiger partial charge in [-0.05, 0) is 12.5 Å². The second-order valence-corrected chi connectivity index (χ2v) is 5.79. The molecule has 0 saturated carbocycles. The molecule has 1 heterocycles. The van der Waals surface area contributed by atoms with E-state index in [2.05, 4.69) is 6.58 Å². The van der Waals surface area contributed by atoms with Gasteiger partial charge in [-0.2, -0.15) is 0 Å². The van der Waals surface area contributed by atoms with E-state index >= 15 is 0 Å². The number of carbonyl (C=O) groups is 2. The van der Waals surface area contributed by atoms with E-state index in [1.807, 2.05) is 10.8 Å². The number of allylic oxidation sites excluding steroid dienone is 3. The molecular formula is C16H17N2O4S-. The van der Waals surface area contributed by atoms with Crippen LogP contribution in [0.5, 0.6) is 0 Å². The molecule has 2 unspecified atom stereocenters. The molecule has 122 valence electrons. The predicted molar refractivity (Wildman–Crippen MR) is 85.8 cm³/mol. The standard InChI is InChI=1S/C16H18N2O4S/c1-2-6-14(15(19)12-7-4-3-5-8-12)18-10-9-13(11-18)16(20)17-23(21)22/h2-8,13H,1,9-11H2,(H,17,20)(H,21,22)/p-1/b14-6-. The molecule has 1 aromatic carbocycles. The molecule has 1 N–H and O–H groups in total. The third kappa shape index (κ3) is 4.37. The summed E-state index contributed by atoms with van der Waals surface area (Å²) < 4.78 is 23.0. The molecule has 1 amide bonds. The molecule has 1 fully saturated rings. The van der Waals surface area contributed by atoms with Gasteiger partial charge in [-0.3, -0.25) is 18.5 Å². The first-order valence-electron chi connectivity index (χ1n) is 7.10. The first-order valence-corrected chi connectivity index (χ1v) is 8.17. The van der Waals surface area contributed by atoms with Gasteiger partial charge in [0.1, 0.15) is 0 Å². The van der Waals surface area contributed by atoms with Crippen molar-refractivity contribution in [1.29, 1.82) is 0 Å². The number of Topliss-reactive ketones (excluding diaryl/α,β-unsaturated/α-hetero) is 1. The Morgan fingerprint density at radius 3 is 2.65 bits per heavy atom. The van der Waals surface area contributed by atoms with Crippen LogP contribution in [0.1, 0.15) is 16.8 Å². The van der Waals surface area contributed by atoms with E-state index in [1.54, 1.807) is 35.2 Å². The Kier molecular flexibility index (Phi) is 5.84. The lowest BCUT2D eigenvalue weighted by atomic mass is 10.1. The number of benzene rings is 1. The van der Waals surface area contributed by atoms with Crippen LogP contribution in [-0.2, 0) is 16.1 Å². The van der Waals surface area contributed by atoms with Crippen molar-refractivity contribution >= 4 is 23.0 Å². The number of hydrogen-bond donors (Lipinski definition) is 1. The minimum absolute atomic E-state index is 0.154. The van der Waals surface area contributed by atoms with Gasteiger partial charge in [-0.1, -0.05) is 43.0 Å². The molecule has 0 spiro atoms. The summed E-state index contributed by atoms with van der Waals surface area (Å²) in [7, 11) is 0. The highest BCUT2D eigenvalue weighted by atomic mass is 32.2. The smallest absolute Gasteiger partial charge is 0.235 e. The van der Waals surface area contributed by atoms with E-state index in [9.17, 15) is 18.4 Å². The summed E-state index contributed by atoms with van der Waals surface area (Å²) in [6.07, 6.45) is 3.62. The monoisotopic (exact) mass is 333 g/mol. The summed E-state index contributed by atoms with van der Waals surface area (Å²) >= 11 is -2.62. The molecule has 0 aromatic heterocycles. The molecule has 0 aliphatic carbocycles. The van der Waals surface area contributed by atoms with Gasteiger partial charge in [0.25, 0.3) is 0 Å². The molecule has 1 aliphatic rings. The van der Waals surface area contributed by atoms with Crippen LogP contribution in [0.15, 0.2) is 54.8 Å². The summed E-state index contributed by atoms with van der Waals surface area (Å²) in [6.45, 7) is 4.42. The van der Waals surface area contributed by atoms with Crippen LogP contribution >= 0.6 is 0 Å². The fourth-order valence-corrected chi connectivity index (χ4v) is 2.86. The molecule has 2 rings (SSSR count). The molecule has 0 bridgehead atoms. The molecule has 2 atom stereocenters. The Morgan fingerprint density at radius 1 is 1.35 bits per heavy atom. The van der Waals surface area contributed by atoms with Crippen LogP contribution < -0.4 is 4.72 Å². The SMILES string of the molecule is C=C/C=C(/C(=O)c1ccccc1)N1CCC(C(=O)NS(=O)[O-])C1. The molecular weight excluding hydrogens is 316 g/mol. The molecule has 7 heteroatoms. The van der Waals surface area contributed by atoms with E-state index in [4.69, 9.17) is 0 Å². The Balaban J connectivity index is 2.13. The van der Waals surface area contributed by atoms with Crippen LogP contribution in [0.3, 0.4) is 0 Å². The highest BCUT2D eigenvalue weighted by Crippen LogP contribution is 2.23. The van der Waals surface area contributed by atoms with E-state index in [-0.39, 0.29) is 5.78 Å². The lowest BCUT2D eigenvalue weighted by Gasteiger charge is -2.21. The van der Waals surface area contributed by atoms with Crippen molar-refractivity contribution in [3.63, 3.8) is 0 Å². The van der Waals surface area contributed by atoms with Crippen molar-refractivity contribution < 1.29 is 18.4 Å². The average Bonchev–Trinajstić information content (AvgIpc) is 3.02. The number of nitrogens with one attached hydrogen (secondary N) is 1. The Morgan fingerprint density at radius 2 is 2.04 bits per heavy atom. The van der Waals surface area contributed by atoms with Crippen LogP contribution in [0.4, 0.5) is 0 Å². The molecule has 23 heavy (non-hydrogen) atoms. The number of nitrogens with zero attached hydrogens (tertiary/aromatic N) is 1. The molecule has 1 saturated heterocycles. The average molecular weight is 333 g/mol. The largest absolute Gasteiger partial charge is 0.755 e. The Bertz CT molecular complexity index is 657. The fraction of sp³-hybridized carbons (Fsp3) is 0.250. The van der Waals surface area contributed by atoms with Crippen molar-refractivity contribution in [1.82, 2.24) is 9.62 Å². The van der Waals surface area contributed by atoms with Crippen LogP contribution in [-0.4, -0.2) is 38.4 Å². The van der Waals surface area contributed by atoms with Gasteiger partial charge >= 0.3 is 0 Å². The maximum absolute atomic E-state index is 12.6. The Hall–Kier alpha value is -2.25. The zero-order valence-corrected chi connectivity index (χ0v) is 13.3. The second-order valence-electron chi connectivity index (χ2n) is 5.12. The predicted octanol–water partition coefficient (Wildman–Crippen LogP) is 1.17. The quantitative estimate of drug-likeness (QED) is 0.365. The normalized spacial score (nSPS) is 19.3. The lowest BCUT2D eigenvalue weighted by molar-refractivity contribution is -0.122. The van der Waals surface area contributed by atoms with Crippen molar-refractivity contribution in [2.75, 3.05) is 13.1 Å². The number of carbonyl (C=O) groups excluding carboxylic acids is 2. The minimum atomic E-state index is -2.62. The van der Waals surface area contributed by atoms with Gasteiger partial charge in [-0.25, -0.2) is 0 Å². The van der Waals surface area contributed by atoms with Crippen molar-refractivity contribution in [2.45, 2.75) is 6.42 Å². The number of amides is 1. The number of ketones is 1. The van der Waals surface area contributed by atoms with Crippen LogP contribution in [0.2, 0.25) is 0 Å². The molecule has 0 radical (unpaired) electrons. The number of likely N-dealkylation sites (tertiary alicyclic amines) is 1. The summed E-state index contributed by atoms with van der Waals surface area (Å²) in [5, 5.41) is 0. The van der Waals surface area contributed by atoms with Gasteiger partial charge in [0, 0.05) is 29.9 Å². The van der Waals surface area contributed by atoms with Crippen molar-refractivity contribution in [3.8, 4) is 0 Å². The van der Waals surface area contributed by atoms with E-state index in [1.165, 1.54) is 6.08 Å². The van der Waals surface area contributed by atoms with Crippen molar-refractivity contribution in [2.24, 2.45) is 5.92 Å². The van der Waals surface area contributed by atoms with Crippen molar-refractivity contribution in [3.05, 3.63) is 60.3 Å². The lowest BCUT2D eigenvalue weighted by Crippen LogP contribution is -2.34. The van der Waals surface area contributed by atoms with E-state index in [0.29, 0.717) is 30.8 Å². The Labute approximate surface area is 137 Å². The third-order valence-corrected chi connectivity index (χ3v) is 4.00. The first kappa shape index (κ1) is 17.1. The fourth-order valence-electron chi connectivity index (χ4n) is 2.53. The highest BCUT2D eigenvalue weighted by Gasteiger charge is 2.31. The minimum Gasteiger partial charge on any atom is -0.755 e. The summed E-state index contributed by atoms with van der Waals surface area (Å²) in [4.78, 5) is 26.2. The highest BCUT2D eigenvalue weighted by molar-refractivity contribution is 7.77. The molecule has 6 nitrogen and oxygen atoms in total. The molecule has 1 aromatic rings. The van der Waals surface area contributed by atoms with E-state index < -0.39 is 23.1 Å². The summed E-state index contributed by atoms with van der Waals surface area (Å²) in [5.41, 5.74) is 0.999. The maximum atomic E-state index is 12.6. The summed E-state index contributed by atoms with van der Waals surface area (Å²) in [6, 6.07) is 8.83. The molecule has 1 aliphatic heterocycles. The van der Waals surface area contributed by atoms with Gasteiger partial charge < -0.3 is 9.45 Å². The van der Waals surface area contributed by atoms with Crippen LogP contribution in [0.25, 0.3) is 0 Å². The van der Waals surface area contributed by atoms with Gasteiger partial charge in [-0.15, -0.1) is 0 Å². The zero-order valence-electron chi connectivity index (χ0n) is 12.4. The van der Waals surface area contributed by atoms with Gasteiger partial charge in [0.15, 0.2) is 0 Å². The topological polar surface area (TPSA) is 89.5 Å². The van der Waals surface area contributed by atoms with Gasteiger partial charge in [0.2, 0.25) is 11.7 Å². The second kappa shape index (κ2) is 7.85. The third-order valence-electron chi connectivity index (χ3n) is 3.63. The zero-order chi connectivity index (χ0) is 16.8. The number of hydrogen-bond acceptors (Lipinski definition) is 5. The summed E-state index contributed by atoms with van der Waals surface area (Å²) in [5.74, 6) is -1.17. The first-order chi connectivity index (χ1) is 11.0. The van der Waals surface area contributed by atoms with E-state index in [0.717, 1.165) is 0 Å². The van der Waals surface area contributed by atoms with Crippen LogP contribution in [0, 0.1) is 5.92 Å². The van der Waals surface area contributed by atoms with Gasteiger partial charge in [0.05, 0.1) is 11.6 Å². The maximum Gasteiger partial charge on any atom is 0.235 e.